The van der Waals surface area contributed by atoms with Crippen LogP contribution in [-0.4, -0.2) is 32.6 Å². The van der Waals surface area contributed by atoms with Gasteiger partial charge in [0.2, 0.25) is 0 Å². The van der Waals surface area contributed by atoms with Crippen LogP contribution in [0.4, 0.5) is 0 Å². The first-order valence-corrected chi connectivity index (χ1v) is 6.86. The van der Waals surface area contributed by atoms with E-state index in [2.05, 4.69) is 10.3 Å². The highest BCUT2D eigenvalue weighted by atomic mass is 32.2. The number of nitrogens with one attached hydrogen (secondary N) is 2. The third kappa shape index (κ3) is 2.16. The summed E-state index contributed by atoms with van der Waals surface area (Å²) in [6, 6.07) is 6.34. The molecule has 0 fully saturated rings. The summed E-state index contributed by atoms with van der Waals surface area (Å²) in [5, 5.41) is 3.20. The van der Waals surface area contributed by atoms with Crippen molar-refractivity contribution in [2.45, 2.75) is 4.90 Å². The van der Waals surface area contributed by atoms with Crippen LogP contribution >= 0.6 is 0 Å². The van der Waals surface area contributed by atoms with Crippen molar-refractivity contribution in [1.29, 1.82) is 0 Å². The van der Waals surface area contributed by atoms with Crippen molar-refractivity contribution in [3.63, 3.8) is 0 Å². The molecule has 0 atom stereocenters. The van der Waals surface area contributed by atoms with Gasteiger partial charge in [0.05, 0.1) is 4.90 Å². The number of H-pyrrole nitrogens is 1. The van der Waals surface area contributed by atoms with Crippen molar-refractivity contribution in [3.05, 3.63) is 30.0 Å². The van der Waals surface area contributed by atoms with Crippen molar-refractivity contribution >= 4 is 26.6 Å². The molecule has 0 aliphatic rings. The van der Waals surface area contributed by atoms with Crippen molar-refractivity contribution in [3.8, 4) is 0 Å². The van der Waals surface area contributed by atoms with Crippen LogP contribution in [0.1, 0.15) is 10.5 Å². The Labute approximate surface area is 98.8 Å². The smallest absolute Gasteiger partial charge is 0.267 e. The van der Waals surface area contributed by atoms with E-state index in [-0.39, 0.29) is 10.8 Å². The highest BCUT2D eigenvalue weighted by Crippen LogP contribution is 2.20. The molecule has 0 saturated heterocycles. The molecular formula is C11H12N2O3S. The highest BCUT2D eigenvalue weighted by Gasteiger charge is 2.11. The number of rotatable bonds is 2. The summed E-state index contributed by atoms with van der Waals surface area (Å²) in [6.07, 6.45) is 1.15. The largest absolute Gasteiger partial charge is 0.354 e. The number of hydrogen-bond donors (Lipinski definition) is 2. The van der Waals surface area contributed by atoms with E-state index in [0.717, 1.165) is 11.8 Å². The average molecular weight is 252 g/mol. The van der Waals surface area contributed by atoms with Gasteiger partial charge in [-0.3, -0.25) is 4.79 Å². The Kier molecular flexibility index (Phi) is 2.66. The van der Waals surface area contributed by atoms with Crippen molar-refractivity contribution in [2.75, 3.05) is 13.3 Å². The fraction of sp³-hybridized carbons (Fsp3) is 0.182. The van der Waals surface area contributed by atoms with Crippen LogP contribution in [0.2, 0.25) is 0 Å². The minimum Gasteiger partial charge on any atom is -0.354 e. The van der Waals surface area contributed by atoms with Crippen LogP contribution < -0.4 is 5.32 Å². The molecule has 1 heterocycles. The zero-order chi connectivity index (χ0) is 12.6. The van der Waals surface area contributed by atoms with Gasteiger partial charge in [-0.25, -0.2) is 8.42 Å². The predicted molar refractivity (Wildman–Crippen MR) is 64.8 cm³/mol. The van der Waals surface area contributed by atoms with Gasteiger partial charge in [0.25, 0.3) is 5.91 Å². The molecule has 0 bridgehead atoms. The molecule has 6 heteroatoms. The van der Waals surface area contributed by atoms with E-state index >= 15 is 0 Å². The minimum absolute atomic E-state index is 0.234. The predicted octanol–water partition coefficient (Wildman–Crippen LogP) is 0.931. The molecule has 1 amide bonds. The lowest BCUT2D eigenvalue weighted by Crippen LogP contribution is -2.17. The molecule has 17 heavy (non-hydrogen) atoms. The van der Waals surface area contributed by atoms with Gasteiger partial charge < -0.3 is 10.3 Å². The van der Waals surface area contributed by atoms with E-state index in [1.807, 2.05) is 0 Å². The van der Waals surface area contributed by atoms with E-state index < -0.39 is 9.84 Å². The maximum Gasteiger partial charge on any atom is 0.267 e. The minimum atomic E-state index is -3.23. The summed E-state index contributed by atoms with van der Waals surface area (Å²) in [4.78, 5) is 14.6. The number of carbonyl (C=O) groups is 1. The number of aromatic nitrogens is 1. The summed E-state index contributed by atoms with van der Waals surface area (Å²) >= 11 is 0. The Hall–Kier alpha value is -1.82. The number of fused-ring (bicyclic) bond motifs is 1. The lowest BCUT2D eigenvalue weighted by Gasteiger charge is -1.97. The Morgan fingerprint density at radius 3 is 2.59 bits per heavy atom. The molecule has 0 aliphatic heterocycles. The van der Waals surface area contributed by atoms with Gasteiger partial charge in [-0.1, -0.05) is 0 Å². The van der Waals surface area contributed by atoms with E-state index in [0.29, 0.717) is 11.1 Å². The van der Waals surface area contributed by atoms with Crippen LogP contribution in [0.15, 0.2) is 29.2 Å². The maximum atomic E-state index is 11.4. The van der Waals surface area contributed by atoms with E-state index in [1.54, 1.807) is 18.2 Å². The maximum absolute atomic E-state index is 11.4. The summed E-state index contributed by atoms with van der Waals surface area (Å²) in [5.41, 5.74) is 1.14. The van der Waals surface area contributed by atoms with Crippen LogP contribution in [0, 0.1) is 0 Å². The molecule has 1 aromatic carbocycles. The van der Waals surface area contributed by atoms with Crippen LogP contribution in [0.5, 0.6) is 0 Å². The van der Waals surface area contributed by atoms with Gasteiger partial charge in [0.1, 0.15) is 5.69 Å². The summed E-state index contributed by atoms with van der Waals surface area (Å²) in [6.45, 7) is 0. The van der Waals surface area contributed by atoms with Crippen molar-refractivity contribution in [2.24, 2.45) is 0 Å². The van der Waals surface area contributed by atoms with Gasteiger partial charge in [-0.2, -0.15) is 0 Å². The number of sulfone groups is 1. The number of hydrogen-bond acceptors (Lipinski definition) is 3. The molecule has 0 unspecified atom stereocenters. The lowest BCUT2D eigenvalue weighted by molar-refractivity contribution is 0.0959. The molecule has 0 aliphatic carbocycles. The van der Waals surface area contributed by atoms with Crippen molar-refractivity contribution in [1.82, 2.24) is 10.3 Å². The van der Waals surface area contributed by atoms with Gasteiger partial charge in [-0.05, 0) is 24.3 Å². The molecule has 2 aromatic rings. The molecule has 0 radical (unpaired) electrons. The Balaban J connectivity index is 2.60. The first-order chi connectivity index (χ1) is 7.91. The monoisotopic (exact) mass is 252 g/mol. The highest BCUT2D eigenvalue weighted by molar-refractivity contribution is 7.90. The SMILES string of the molecule is CNC(=O)c1cc2cc(S(C)(=O)=O)ccc2[nH]1. The Morgan fingerprint density at radius 1 is 1.29 bits per heavy atom. The zero-order valence-corrected chi connectivity index (χ0v) is 10.3. The third-order valence-corrected chi connectivity index (χ3v) is 3.60. The van der Waals surface area contributed by atoms with Crippen LogP contribution in [-0.2, 0) is 9.84 Å². The zero-order valence-electron chi connectivity index (χ0n) is 9.44. The molecular weight excluding hydrogens is 240 g/mol. The molecule has 1 aromatic heterocycles. The van der Waals surface area contributed by atoms with Crippen LogP contribution in [0.25, 0.3) is 10.9 Å². The molecule has 0 saturated carbocycles. The second-order valence-electron chi connectivity index (χ2n) is 3.78. The first-order valence-electron chi connectivity index (χ1n) is 4.97. The molecule has 2 N–H and O–H groups in total. The quantitative estimate of drug-likeness (QED) is 0.834. The number of amides is 1. The van der Waals surface area contributed by atoms with Gasteiger partial charge >= 0.3 is 0 Å². The second-order valence-corrected chi connectivity index (χ2v) is 5.80. The van der Waals surface area contributed by atoms with E-state index in [9.17, 15) is 13.2 Å². The fourth-order valence-electron chi connectivity index (χ4n) is 1.60. The van der Waals surface area contributed by atoms with Gasteiger partial charge in [0.15, 0.2) is 9.84 Å². The Bertz CT molecular complexity index is 686. The summed E-state index contributed by atoms with van der Waals surface area (Å²) < 4.78 is 22.8. The normalized spacial score (nSPS) is 11.6. The Morgan fingerprint density at radius 2 is 2.00 bits per heavy atom. The molecule has 5 nitrogen and oxygen atoms in total. The molecule has 90 valence electrons. The average Bonchev–Trinajstić information content (AvgIpc) is 2.69. The number of benzene rings is 1. The van der Waals surface area contributed by atoms with Crippen molar-refractivity contribution < 1.29 is 13.2 Å². The number of carbonyl (C=O) groups excluding carboxylic acids is 1. The summed E-state index contributed by atoms with van der Waals surface area (Å²) in [5.74, 6) is -0.234. The fourth-order valence-corrected chi connectivity index (χ4v) is 2.25. The lowest BCUT2D eigenvalue weighted by atomic mass is 10.2. The molecule has 2 rings (SSSR count). The summed E-state index contributed by atoms with van der Waals surface area (Å²) in [7, 11) is -1.69. The first kappa shape index (κ1) is 11.7. The van der Waals surface area contributed by atoms with Crippen LogP contribution in [0.3, 0.4) is 0 Å². The third-order valence-electron chi connectivity index (χ3n) is 2.49. The standard InChI is InChI=1S/C11H12N2O3S/c1-12-11(14)10-6-7-5-8(17(2,15)16)3-4-9(7)13-10/h3-6,13H,1-2H3,(H,12,14). The topological polar surface area (TPSA) is 79.0 Å². The number of aromatic amines is 1. The van der Waals surface area contributed by atoms with E-state index in [4.69, 9.17) is 0 Å². The van der Waals surface area contributed by atoms with Gasteiger partial charge in [0, 0.05) is 24.2 Å². The molecule has 0 spiro atoms. The second kappa shape index (κ2) is 3.89. The van der Waals surface area contributed by atoms with E-state index in [1.165, 1.54) is 13.1 Å². The van der Waals surface area contributed by atoms with Gasteiger partial charge in [-0.15, -0.1) is 0 Å².